The van der Waals surface area contributed by atoms with Crippen LogP contribution in [0.4, 0.5) is 0 Å². The summed E-state index contributed by atoms with van der Waals surface area (Å²) < 4.78 is 8.00. The lowest BCUT2D eigenvalue weighted by Crippen LogP contribution is -2.38. The molecule has 0 saturated carbocycles. The minimum atomic E-state index is 0.110. The zero-order valence-corrected chi connectivity index (χ0v) is 17.0. The summed E-state index contributed by atoms with van der Waals surface area (Å²) in [6, 6.07) is 18.3. The Labute approximate surface area is 172 Å². The second-order valence-corrected chi connectivity index (χ2v) is 7.86. The molecule has 1 amide bonds. The van der Waals surface area contributed by atoms with Gasteiger partial charge < -0.3 is 14.2 Å². The predicted molar refractivity (Wildman–Crippen MR) is 117 cm³/mol. The van der Waals surface area contributed by atoms with Crippen molar-refractivity contribution in [3.8, 4) is 5.75 Å². The summed E-state index contributed by atoms with van der Waals surface area (Å²) in [5.74, 6) is 1.59. The maximum Gasteiger partial charge on any atom is 0.270 e. The van der Waals surface area contributed by atoms with Crippen LogP contribution in [0.5, 0.6) is 5.75 Å². The van der Waals surface area contributed by atoms with Crippen molar-refractivity contribution in [3.63, 3.8) is 0 Å². The zero-order chi connectivity index (χ0) is 20.2. The van der Waals surface area contributed by atoms with Gasteiger partial charge in [0.15, 0.2) is 0 Å². The van der Waals surface area contributed by atoms with E-state index in [0.717, 1.165) is 48.3 Å². The van der Waals surface area contributed by atoms with Gasteiger partial charge in [0.25, 0.3) is 5.91 Å². The number of aromatic nitrogens is 1. The van der Waals surface area contributed by atoms with Gasteiger partial charge in [0.05, 0.1) is 5.52 Å². The summed E-state index contributed by atoms with van der Waals surface area (Å²) >= 11 is 0. The van der Waals surface area contributed by atoms with E-state index >= 15 is 0 Å². The fourth-order valence-corrected chi connectivity index (χ4v) is 4.02. The molecule has 29 heavy (non-hydrogen) atoms. The molecule has 150 valence electrons. The summed E-state index contributed by atoms with van der Waals surface area (Å²) in [6.45, 7) is 8.75. The molecule has 0 N–H and O–H groups in total. The molecule has 4 rings (SSSR count). The first-order valence-electron chi connectivity index (χ1n) is 10.4. The van der Waals surface area contributed by atoms with Gasteiger partial charge in [-0.1, -0.05) is 56.0 Å². The molecule has 0 spiro atoms. The average Bonchev–Trinajstić information content (AvgIpc) is 3.12. The van der Waals surface area contributed by atoms with Gasteiger partial charge >= 0.3 is 0 Å². The van der Waals surface area contributed by atoms with Crippen molar-refractivity contribution in [1.29, 1.82) is 0 Å². The van der Waals surface area contributed by atoms with Crippen molar-refractivity contribution >= 4 is 16.8 Å². The maximum absolute atomic E-state index is 13.5. The highest BCUT2D eigenvalue weighted by Gasteiger charge is 2.25. The summed E-state index contributed by atoms with van der Waals surface area (Å²) in [6.07, 6.45) is 3.87. The maximum atomic E-state index is 13.5. The van der Waals surface area contributed by atoms with Crippen molar-refractivity contribution in [2.24, 2.45) is 5.92 Å². The third-order valence-corrected chi connectivity index (χ3v) is 5.74. The van der Waals surface area contributed by atoms with Crippen LogP contribution >= 0.6 is 0 Å². The van der Waals surface area contributed by atoms with Crippen LogP contribution in [0.3, 0.4) is 0 Å². The minimum Gasteiger partial charge on any atom is -0.489 e. The lowest BCUT2D eigenvalue weighted by Gasteiger charge is -2.30. The van der Waals surface area contributed by atoms with Gasteiger partial charge in [-0.2, -0.15) is 0 Å². The molecule has 1 fully saturated rings. The van der Waals surface area contributed by atoms with E-state index in [-0.39, 0.29) is 5.91 Å². The van der Waals surface area contributed by atoms with Crippen LogP contribution in [0, 0.1) is 5.92 Å². The predicted octanol–water partition coefficient (Wildman–Crippen LogP) is 5.13. The van der Waals surface area contributed by atoms with Crippen LogP contribution in [0.25, 0.3) is 10.9 Å². The molecule has 0 radical (unpaired) electrons. The van der Waals surface area contributed by atoms with Crippen LogP contribution in [-0.4, -0.2) is 35.1 Å². The molecule has 0 atom stereocenters. The molecule has 1 aliphatic rings. The van der Waals surface area contributed by atoms with Gasteiger partial charge in [-0.3, -0.25) is 4.79 Å². The van der Waals surface area contributed by atoms with E-state index < -0.39 is 0 Å². The fraction of sp³-hybridized carbons (Fsp3) is 0.320. The molecule has 1 aromatic heterocycles. The van der Waals surface area contributed by atoms with E-state index in [4.69, 9.17) is 4.74 Å². The standard InChI is InChI=1S/C25H28N2O2/c1-3-16-29-24-11-7-10-22-21(24)17-23(25(28)26-14-12-19(2)13-15-26)27(22)18-20-8-5-4-6-9-20/h3-11,17,19H,1,12-16,18H2,2H3. The van der Waals surface area contributed by atoms with E-state index in [1.165, 1.54) is 5.56 Å². The van der Waals surface area contributed by atoms with E-state index in [1.54, 1.807) is 6.08 Å². The van der Waals surface area contributed by atoms with E-state index in [0.29, 0.717) is 19.1 Å². The Morgan fingerprint density at radius 2 is 1.90 bits per heavy atom. The number of benzene rings is 2. The summed E-state index contributed by atoms with van der Waals surface area (Å²) in [5, 5.41) is 0.971. The second kappa shape index (κ2) is 8.56. The first kappa shape index (κ1) is 19.3. The van der Waals surface area contributed by atoms with Crippen LogP contribution in [-0.2, 0) is 6.54 Å². The lowest BCUT2D eigenvalue weighted by atomic mass is 9.99. The normalized spacial score (nSPS) is 14.9. The number of carbonyl (C=O) groups excluding carboxylic acids is 1. The van der Waals surface area contributed by atoms with Gasteiger partial charge in [-0.05, 0) is 42.5 Å². The molecule has 3 aromatic rings. The number of hydrogen-bond acceptors (Lipinski definition) is 2. The molecular weight excluding hydrogens is 360 g/mol. The highest BCUT2D eigenvalue weighted by Crippen LogP contribution is 2.31. The van der Waals surface area contributed by atoms with E-state index in [9.17, 15) is 4.79 Å². The highest BCUT2D eigenvalue weighted by molar-refractivity contribution is 6.00. The fourth-order valence-electron chi connectivity index (χ4n) is 4.02. The number of carbonyl (C=O) groups is 1. The monoisotopic (exact) mass is 388 g/mol. The zero-order valence-electron chi connectivity index (χ0n) is 17.0. The van der Waals surface area contributed by atoms with Crippen molar-refractivity contribution in [1.82, 2.24) is 9.47 Å². The number of likely N-dealkylation sites (tertiary alicyclic amines) is 1. The number of hydrogen-bond donors (Lipinski definition) is 0. The smallest absolute Gasteiger partial charge is 0.270 e. The van der Waals surface area contributed by atoms with Crippen molar-refractivity contribution in [2.75, 3.05) is 19.7 Å². The van der Waals surface area contributed by atoms with Gasteiger partial charge in [0, 0.05) is 25.0 Å². The van der Waals surface area contributed by atoms with Crippen LogP contribution in [0.15, 0.2) is 67.3 Å². The number of nitrogens with zero attached hydrogens (tertiary/aromatic N) is 2. The Morgan fingerprint density at radius 1 is 1.14 bits per heavy atom. The Bertz CT molecular complexity index is 998. The third kappa shape index (κ3) is 4.07. The number of ether oxygens (including phenoxy) is 1. The highest BCUT2D eigenvalue weighted by atomic mass is 16.5. The molecule has 0 bridgehead atoms. The molecule has 1 saturated heterocycles. The second-order valence-electron chi connectivity index (χ2n) is 7.86. The number of fused-ring (bicyclic) bond motifs is 1. The quantitative estimate of drug-likeness (QED) is 0.549. The third-order valence-electron chi connectivity index (χ3n) is 5.74. The Kier molecular flexibility index (Phi) is 5.70. The number of rotatable bonds is 6. The molecule has 4 heteroatoms. The first-order chi connectivity index (χ1) is 14.2. The topological polar surface area (TPSA) is 34.5 Å². The summed E-state index contributed by atoms with van der Waals surface area (Å²) in [5.41, 5.74) is 2.92. The van der Waals surface area contributed by atoms with Crippen molar-refractivity contribution < 1.29 is 9.53 Å². The summed E-state index contributed by atoms with van der Waals surface area (Å²) in [4.78, 5) is 15.5. The molecule has 0 aliphatic carbocycles. The largest absolute Gasteiger partial charge is 0.489 e. The van der Waals surface area contributed by atoms with E-state index in [1.807, 2.05) is 41.3 Å². The van der Waals surface area contributed by atoms with Gasteiger partial charge in [0.2, 0.25) is 0 Å². The number of amides is 1. The minimum absolute atomic E-state index is 0.110. The van der Waals surface area contributed by atoms with Crippen LogP contribution in [0.1, 0.15) is 35.8 Å². The van der Waals surface area contributed by atoms with Gasteiger partial charge in [0.1, 0.15) is 18.1 Å². The van der Waals surface area contributed by atoms with Crippen LogP contribution < -0.4 is 4.74 Å². The molecule has 2 heterocycles. The summed E-state index contributed by atoms with van der Waals surface area (Å²) in [7, 11) is 0. The molecule has 4 nitrogen and oxygen atoms in total. The number of piperidine rings is 1. The molecule has 2 aromatic carbocycles. The Hall–Kier alpha value is -3.01. The Balaban J connectivity index is 1.77. The SMILES string of the molecule is C=CCOc1cccc2c1cc(C(=O)N1CCC(C)CC1)n2Cc1ccccc1. The van der Waals surface area contributed by atoms with Crippen molar-refractivity contribution in [2.45, 2.75) is 26.3 Å². The lowest BCUT2D eigenvalue weighted by molar-refractivity contribution is 0.0687. The molecular formula is C25H28N2O2. The van der Waals surface area contributed by atoms with Gasteiger partial charge in [-0.25, -0.2) is 0 Å². The van der Waals surface area contributed by atoms with Crippen molar-refractivity contribution in [3.05, 3.63) is 78.5 Å². The first-order valence-corrected chi connectivity index (χ1v) is 10.4. The van der Waals surface area contributed by atoms with E-state index in [2.05, 4.69) is 36.3 Å². The Morgan fingerprint density at radius 3 is 2.62 bits per heavy atom. The van der Waals surface area contributed by atoms with Crippen LogP contribution in [0.2, 0.25) is 0 Å². The molecule has 1 aliphatic heterocycles. The average molecular weight is 389 g/mol. The van der Waals surface area contributed by atoms with Gasteiger partial charge in [-0.15, -0.1) is 0 Å². The molecule has 0 unspecified atom stereocenters.